The van der Waals surface area contributed by atoms with Gasteiger partial charge in [0.05, 0.1) is 0 Å². The van der Waals surface area contributed by atoms with Crippen LogP contribution in [0.5, 0.6) is 5.75 Å². The molecule has 0 radical (unpaired) electrons. The molecule has 5 nitrogen and oxygen atoms in total. The van der Waals surface area contributed by atoms with E-state index in [1.807, 2.05) is 0 Å². The molecule has 1 aromatic heterocycles. The molecule has 128 valence electrons. The summed E-state index contributed by atoms with van der Waals surface area (Å²) < 4.78 is 42.8. The van der Waals surface area contributed by atoms with Gasteiger partial charge in [-0.1, -0.05) is 12.1 Å². The van der Waals surface area contributed by atoms with Gasteiger partial charge in [-0.2, -0.15) is 13.2 Å². The number of nitrogens with one attached hydrogen (secondary N) is 1. The molecule has 24 heavy (non-hydrogen) atoms. The Morgan fingerprint density at radius 3 is 2.62 bits per heavy atom. The number of amides is 1. The number of Topliss-reactive ketones (excluding diaryl/α,β-unsaturated/α-hetero) is 1. The smallest absolute Gasteiger partial charge is 0.434 e. The summed E-state index contributed by atoms with van der Waals surface area (Å²) in [6.07, 6.45) is -5.54. The van der Waals surface area contributed by atoms with E-state index in [0.717, 1.165) is 5.38 Å². The van der Waals surface area contributed by atoms with Crippen LogP contribution < -0.4 is 10.1 Å². The maximum atomic E-state index is 12.5. The number of benzene rings is 1. The highest BCUT2D eigenvalue weighted by Crippen LogP contribution is 2.31. The van der Waals surface area contributed by atoms with Crippen LogP contribution in [0.15, 0.2) is 29.6 Å². The molecule has 0 aliphatic carbocycles. The van der Waals surface area contributed by atoms with Crippen molar-refractivity contribution in [3.63, 3.8) is 0 Å². The first-order valence-electron chi connectivity index (χ1n) is 6.78. The Morgan fingerprint density at radius 2 is 2.04 bits per heavy atom. The molecule has 0 fully saturated rings. The quantitative estimate of drug-likeness (QED) is 0.826. The topological polar surface area (TPSA) is 68.3 Å². The van der Waals surface area contributed by atoms with Gasteiger partial charge >= 0.3 is 6.18 Å². The van der Waals surface area contributed by atoms with Crippen molar-refractivity contribution in [3.05, 3.63) is 40.9 Å². The van der Waals surface area contributed by atoms with Crippen molar-refractivity contribution in [2.24, 2.45) is 0 Å². The van der Waals surface area contributed by atoms with Crippen LogP contribution in [0.3, 0.4) is 0 Å². The number of carbonyl (C=O) groups excluding carboxylic acids is 2. The zero-order valence-electron chi connectivity index (χ0n) is 12.7. The Balaban J connectivity index is 2.01. The summed E-state index contributed by atoms with van der Waals surface area (Å²) in [5.41, 5.74) is -0.639. The highest BCUT2D eigenvalue weighted by Gasteiger charge is 2.34. The van der Waals surface area contributed by atoms with Crippen molar-refractivity contribution in [2.75, 3.05) is 5.32 Å². The van der Waals surface area contributed by atoms with Gasteiger partial charge in [0, 0.05) is 10.9 Å². The number of aromatic nitrogens is 1. The third-order valence-electron chi connectivity index (χ3n) is 2.95. The molecule has 1 atom stereocenters. The standard InChI is InChI=1S/C15H13F3N2O3S/c1-8(21)10-4-3-5-11(6-10)23-9(2)13(22)20-14-19-12(7-24-14)15(16,17)18/h3-7,9H,1-2H3,(H,19,20,22). The van der Waals surface area contributed by atoms with Crippen LogP contribution in [0.1, 0.15) is 29.9 Å². The lowest BCUT2D eigenvalue weighted by molar-refractivity contribution is -0.140. The Morgan fingerprint density at radius 1 is 1.33 bits per heavy atom. The number of rotatable bonds is 5. The second-order valence-electron chi connectivity index (χ2n) is 4.87. The van der Waals surface area contributed by atoms with Gasteiger partial charge in [-0.15, -0.1) is 11.3 Å². The fraction of sp³-hybridized carbons (Fsp3) is 0.267. The molecule has 2 rings (SSSR count). The van der Waals surface area contributed by atoms with Gasteiger partial charge in [-0.05, 0) is 26.0 Å². The van der Waals surface area contributed by atoms with Crippen LogP contribution >= 0.6 is 11.3 Å². The Bertz CT molecular complexity index is 758. The Kier molecular flexibility index (Phi) is 5.23. The number of alkyl halides is 3. The summed E-state index contributed by atoms with van der Waals surface area (Å²) in [4.78, 5) is 26.6. The number of thiazole rings is 1. The molecule has 1 unspecified atom stereocenters. The highest BCUT2D eigenvalue weighted by atomic mass is 32.1. The van der Waals surface area contributed by atoms with Gasteiger partial charge in [0.15, 0.2) is 22.7 Å². The van der Waals surface area contributed by atoms with E-state index in [4.69, 9.17) is 4.74 Å². The van der Waals surface area contributed by atoms with Gasteiger partial charge < -0.3 is 4.74 Å². The first kappa shape index (κ1) is 17.9. The molecular formula is C15H13F3N2O3S. The summed E-state index contributed by atoms with van der Waals surface area (Å²) in [6.45, 7) is 2.84. The first-order valence-corrected chi connectivity index (χ1v) is 7.66. The van der Waals surface area contributed by atoms with E-state index in [-0.39, 0.29) is 10.9 Å². The second-order valence-corrected chi connectivity index (χ2v) is 5.73. The van der Waals surface area contributed by atoms with Gasteiger partial charge in [0.1, 0.15) is 5.75 Å². The summed E-state index contributed by atoms with van der Waals surface area (Å²) in [5, 5.41) is 2.92. The van der Waals surface area contributed by atoms with E-state index in [1.165, 1.54) is 19.9 Å². The van der Waals surface area contributed by atoms with Crippen LogP contribution in [-0.4, -0.2) is 22.8 Å². The fourth-order valence-electron chi connectivity index (χ4n) is 1.71. The summed E-state index contributed by atoms with van der Waals surface area (Å²) in [6, 6.07) is 6.26. The van der Waals surface area contributed by atoms with E-state index >= 15 is 0 Å². The second kappa shape index (κ2) is 7.00. The van der Waals surface area contributed by atoms with Gasteiger partial charge in [0.25, 0.3) is 5.91 Å². The molecule has 1 aromatic carbocycles. The number of halogens is 3. The van der Waals surface area contributed by atoms with E-state index < -0.39 is 23.9 Å². The molecular weight excluding hydrogens is 345 g/mol. The third kappa shape index (κ3) is 4.54. The van der Waals surface area contributed by atoms with E-state index in [9.17, 15) is 22.8 Å². The van der Waals surface area contributed by atoms with Crippen LogP contribution in [0, 0.1) is 0 Å². The Hall–Kier alpha value is -2.42. The highest BCUT2D eigenvalue weighted by molar-refractivity contribution is 7.13. The number of hydrogen-bond acceptors (Lipinski definition) is 5. The minimum atomic E-state index is -4.56. The van der Waals surface area contributed by atoms with Crippen molar-refractivity contribution in [3.8, 4) is 5.75 Å². The molecule has 1 amide bonds. The average Bonchev–Trinajstić information content (AvgIpc) is 2.96. The number of hydrogen-bond donors (Lipinski definition) is 1. The van der Waals surface area contributed by atoms with Crippen LogP contribution in [0.4, 0.5) is 18.3 Å². The zero-order valence-corrected chi connectivity index (χ0v) is 13.5. The minimum absolute atomic E-state index is 0.153. The van der Waals surface area contributed by atoms with Crippen molar-refractivity contribution in [1.82, 2.24) is 4.98 Å². The molecule has 0 saturated heterocycles. The normalized spacial score (nSPS) is 12.5. The fourth-order valence-corrected chi connectivity index (χ4v) is 2.43. The molecule has 9 heteroatoms. The number of anilines is 1. The number of ketones is 1. The molecule has 0 aliphatic heterocycles. The van der Waals surface area contributed by atoms with E-state index in [2.05, 4.69) is 10.3 Å². The maximum absolute atomic E-state index is 12.5. The van der Waals surface area contributed by atoms with Gasteiger partial charge in [0.2, 0.25) is 0 Å². The molecule has 1 heterocycles. The van der Waals surface area contributed by atoms with E-state index in [1.54, 1.807) is 18.2 Å². The molecule has 2 aromatic rings. The predicted molar refractivity (Wildman–Crippen MR) is 82.3 cm³/mol. The van der Waals surface area contributed by atoms with Crippen LogP contribution in [0.2, 0.25) is 0 Å². The molecule has 0 spiro atoms. The number of nitrogens with zero attached hydrogens (tertiary/aromatic N) is 1. The number of ether oxygens (including phenoxy) is 1. The van der Waals surface area contributed by atoms with Crippen LogP contribution in [-0.2, 0) is 11.0 Å². The van der Waals surface area contributed by atoms with Crippen molar-refractivity contribution in [2.45, 2.75) is 26.1 Å². The number of carbonyl (C=O) groups is 2. The molecule has 0 saturated carbocycles. The summed E-state index contributed by atoms with van der Waals surface area (Å²) in [5.74, 6) is -0.494. The zero-order chi connectivity index (χ0) is 17.9. The maximum Gasteiger partial charge on any atom is 0.434 e. The first-order chi connectivity index (χ1) is 11.2. The molecule has 1 N–H and O–H groups in total. The largest absolute Gasteiger partial charge is 0.481 e. The van der Waals surface area contributed by atoms with Gasteiger partial charge in [-0.25, -0.2) is 4.98 Å². The SMILES string of the molecule is CC(=O)c1cccc(OC(C)C(=O)Nc2nc(C(F)(F)F)cs2)c1. The molecule has 0 bridgehead atoms. The monoisotopic (exact) mass is 358 g/mol. The third-order valence-corrected chi connectivity index (χ3v) is 3.71. The lowest BCUT2D eigenvalue weighted by atomic mass is 10.1. The minimum Gasteiger partial charge on any atom is -0.481 e. The van der Waals surface area contributed by atoms with Crippen LogP contribution in [0.25, 0.3) is 0 Å². The summed E-state index contributed by atoms with van der Waals surface area (Å²) >= 11 is 0.672. The van der Waals surface area contributed by atoms with Crippen molar-refractivity contribution >= 4 is 28.2 Å². The van der Waals surface area contributed by atoms with Crippen molar-refractivity contribution < 1.29 is 27.5 Å². The average molecular weight is 358 g/mol. The van der Waals surface area contributed by atoms with Gasteiger partial charge in [-0.3, -0.25) is 14.9 Å². The lowest BCUT2D eigenvalue weighted by Crippen LogP contribution is -2.30. The van der Waals surface area contributed by atoms with Crippen molar-refractivity contribution in [1.29, 1.82) is 0 Å². The predicted octanol–water partition coefficient (Wildman–Crippen LogP) is 3.77. The molecule has 0 aliphatic rings. The summed E-state index contributed by atoms with van der Waals surface area (Å²) in [7, 11) is 0. The Labute approximate surface area is 139 Å². The van der Waals surface area contributed by atoms with E-state index in [0.29, 0.717) is 22.6 Å². The lowest BCUT2D eigenvalue weighted by Gasteiger charge is -2.14.